The summed E-state index contributed by atoms with van der Waals surface area (Å²) in [6.07, 6.45) is 5.13. The maximum absolute atomic E-state index is 13.4. The van der Waals surface area contributed by atoms with Gasteiger partial charge in [-0.2, -0.15) is 0 Å². The molecule has 0 aliphatic rings. The summed E-state index contributed by atoms with van der Waals surface area (Å²) in [4.78, 5) is 0. The molecule has 0 saturated carbocycles. The van der Waals surface area contributed by atoms with E-state index in [2.05, 4.69) is 30.6 Å². The topological polar surface area (TPSA) is 0 Å². The first-order valence-corrected chi connectivity index (χ1v) is 8.93. The highest BCUT2D eigenvalue weighted by Gasteiger charge is 2.04. The zero-order valence-corrected chi connectivity index (χ0v) is 15.0. The smallest absolute Gasteiger partial charge is 0.159 e. The van der Waals surface area contributed by atoms with E-state index in [1.807, 2.05) is 42.5 Å². The summed E-state index contributed by atoms with van der Waals surface area (Å²) in [5.74, 6) is 4.61. The van der Waals surface area contributed by atoms with E-state index in [1.165, 1.54) is 11.6 Å². The minimum atomic E-state index is -0.843. The molecule has 3 aromatic rings. The Balaban J connectivity index is 1.68. The maximum atomic E-state index is 13.4. The minimum absolute atomic E-state index is 0.639. The molecule has 0 unspecified atom stereocenters. The van der Waals surface area contributed by atoms with Gasteiger partial charge in [0.25, 0.3) is 0 Å². The number of benzene rings is 3. The van der Waals surface area contributed by atoms with Gasteiger partial charge in [0.05, 0.1) is 0 Å². The number of unbranched alkanes of at least 4 members (excludes halogenated alkanes) is 1. The molecule has 0 atom stereocenters. The van der Waals surface area contributed by atoms with Gasteiger partial charge in [-0.3, -0.25) is 0 Å². The van der Waals surface area contributed by atoms with Gasteiger partial charge < -0.3 is 0 Å². The van der Waals surface area contributed by atoms with E-state index in [4.69, 9.17) is 0 Å². The Morgan fingerprint density at radius 2 is 1.33 bits per heavy atom. The van der Waals surface area contributed by atoms with Crippen molar-refractivity contribution in [2.24, 2.45) is 0 Å². The Hall–Kier alpha value is -3.18. The molecule has 0 saturated heterocycles. The molecule has 0 spiro atoms. The molecular weight excluding hydrogens is 338 g/mol. The van der Waals surface area contributed by atoms with Gasteiger partial charge >= 0.3 is 0 Å². The number of rotatable bonds is 5. The zero-order chi connectivity index (χ0) is 19.1. The second kappa shape index (κ2) is 8.96. The number of aryl methyl sites for hydroxylation is 1. The van der Waals surface area contributed by atoms with Gasteiger partial charge in [-0.25, -0.2) is 8.78 Å². The van der Waals surface area contributed by atoms with E-state index in [9.17, 15) is 8.78 Å². The van der Waals surface area contributed by atoms with Crippen LogP contribution >= 0.6 is 0 Å². The fourth-order valence-corrected chi connectivity index (χ4v) is 2.77. The Morgan fingerprint density at radius 1 is 0.741 bits per heavy atom. The molecule has 2 heteroatoms. The molecule has 0 nitrogen and oxygen atoms in total. The second-order valence-electron chi connectivity index (χ2n) is 6.33. The van der Waals surface area contributed by atoms with Crippen molar-refractivity contribution in [2.45, 2.75) is 19.3 Å². The van der Waals surface area contributed by atoms with E-state index in [-0.39, 0.29) is 0 Å². The summed E-state index contributed by atoms with van der Waals surface area (Å²) in [5, 5.41) is 0. The normalized spacial score (nSPS) is 10.1. The Labute approximate surface area is 159 Å². The molecule has 0 amide bonds. The van der Waals surface area contributed by atoms with Crippen molar-refractivity contribution in [3.63, 3.8) is 0 Å². The Bertz CT molecular complexity index is 972. The summed E-state index contributed by atoms with van der Waals surface area (Å²) < 4.78 is 26.4. The molecule has 3 rings (SSSR count). The predicted octanol–water partition coefficient (Wildman–Crippen LogP) is 6.54. The molecule has 0 aromatic heterocycles. The number of halogens is 2. The van der Waals surface area contributed by atoms with Crippen LogP contribution in [0.4, 0.5) is 8.78 Å². The highest BCUT2D eigenvalue weighted by Crippen LogP contribution is 2.21. The molecule has 0 N–H and O–H groups in total. The lowest BCUT2D eigenvalue weighted by molar-refractivity contribution is 0.509. The molecule has 0 bridgehead atoms. The highest BCUT2D eigenvalue weighted by atomic mass is 19.2. The number of hydrogen-bond donors (Lipinski definition) is 0. The first-order valence-electron chi connectivity index (χ1n) is 8.93. The van der Waals surface area contributed by atoms with Crippen molar-refractivity contribution in [3.05, 3.63) is 108 Å². The van der Waals surface area contributed by atoms with Crippen LogP contribution < -0.4 is 0 Å². The maximum Gasteiger partial charge on any atom is 0.159 e. The van der Waals surface area contributed by atoms with E-state index in [0.29, 0.717) is 5.56 Å². The quantitative estimate of drug-likeness (QED) is 0.276. The van der Waals surface area contributed by atoms with Crippen LogP contribution in [0.5, 0.6) is 0 Å². The van der Waals surface area contributed by atoms with Crippen LogP contribution in [0.15, 0.2) is 79.4 Å². The third-order valence-corrected chi connectivity index (χ3v) is 4.32. The second-order valence-corrected chi connectivity index (χ2v) is 6.33. The standard InChI is InChI=1S/C25H20F2/c1-2-3-4-5-19-6-8-20(9-7-19)10-11-21-12-14-22(15-13-21)23-16-17-24(26)25(27)18-23/h2,6-9,12-18H,1,3-5H2. The third-order valence-electron chi connectivity index (χ3n) is 4.32. The SMILES string of the molecule is C=CCCCc1ccc(C#Cc2ccc(-c3ccc(F)c(F)c3)cc2)cc1. The summed E-state index contributed by atoms with van der Waals surface area (Å²) in [5.41, 5.74) is 4.60. The highest BCUT2D eigenvalue weighted by molar-refractivity contribution is 5.64. The molecule has 3 aromatic carbocycles. The first-order chi connectivity index (χ1) is 13.2. The molecule has 134 valence electrons. The van der Waals surface area contributed by atoms with Crippen LogP contribution in [-0.4, -0.2) is 0 Å². The van der Waals surface area contributed by atoms with Crippen molar-refractivity contribution in [1.29, 1.82) is 0 Å². The molecule has 0 aliphatic heterocycles. The monoisotopic (exact) mass is 358 g/mol. The van der Waals surface area contributed by atoms with Gasteiger partial charge in [0.1, 0.15) is 0 Å². The van der Waals surface area contributed by atoms with Crippen LogP contribution in [0.25, 0.3) is 11.1 Å². The molecule has 0 radical (unpaired) electrons. The van der Waals surface area contributed by atoms with Gasteiger partial charge in [0, 0.05) is 11.1 Å². The average molecular weight is 358 g/mol. The fourth-order valence-electron chi connectivity index (χ4n) is 2.77. The zero-order valence-electron chi connectivity index (χ0n) is 15.0. The van der Waals surface area contributed by atoms with Gasteiger partial charge in [-0.15, -0.1) is 6.58 Å². The molecular formula is C25H20F2. The van der Waals surface area contributed by atoms with Gasteiger partial charge in [0.15, 0.2) is 11.6 Å². The lowest BCUT2D eigenvalue weighted by atomic mass is 10.0. The van der Waals surface area contributed by atoms with Crippen LogP contribution in [0.2, 0.25) is 0 Å². The molecule has 27 heavy (non-hydrogen) atoms. The summed E-state index contributed by atoms with van der Waals surface area (Å²) in [6, 6.07) is 19.7. The van der Waals surface area contributed by atoms with Crippen molar-refractivity contribution < 1.29 is 8.78 Å². The molecule has 0 aliphatic carbocycles. The van der Waals surface area contributed by atoms with Crippen molar-refractivity contribution in [3.8, 4) is 23.0 Å². The van der Waals surface area contributed by atoms with Gasteiger partial charge in [-0.1, -0.05) is 48.2 Å². The van der Waals surface area contributed by atoms with E-state index in [0.717, 1.165) is 42.0 Å². The average Bonchev–Trinajstić information content (AvgIpc) is 2.70. The lowest BCUT2D eigenvalue weighted by Gasteiger charge is -2.02. The summed E-state index contributed by atoms with van der Waals surface area (Å²) >= 11 is 0. The molecule has 0 heterocycles. The van der Waals surface area contributed by atoms with E-state index < -0.39 is 11.6 Å². The lowest BCUT2D eigenvalue weighted by Crippen LogP contribution is -1.86. The van der Waals surface area contributed by atoms with Crippen LogP contribution in [-0.2, 0) is 6.42 Å². The Kier molecular flexibility index (Phi) is 6.18. The summed E-state index contributed by atoms with van der Waals surface area (Å²) in [6.45, 7) is 3.74. The number of allylic oxidation sites excluding steroid dienone is 1. The van der Waals surface area contributed by atoms with Crippen LogP contribution in [0.3, 0.4) is 0 Å². The Morgan fingerprint density at radius 3 is 1.93 bits per heavy atom. The first kappa shape index (κ1) is 18.6. The van der Waals surface area contributed by atoms with Crippen molar-refractivity contribution in [2.75, 3.05) is 0 Å². The third kappa shape index (κ3) is 5.15. The van der Waals surface area contributed by atoms with Crippen molar-refractivity contribution >= 4 is 0 Å². The fraction of sp³-hybridized carbons (Fsp3) is 0.120. The van der Waals surface area contributed by atoms with E-state index >= 15 is 0 Å². The van der Waals surface area contributed by atoms with Gasteiger partial charge in [0.2, 0.25) is 0 Å². The largest absolute Gasteiger partial charge is 0.204 e. The van der Waals surface area contributed by atoms with E-state index in [1.54, 1.807) is 6.07 Å². The summed E-state index contributed by atoms with van der Waals surface area (Å²) in [7, 11) is 0. The van der Waals surface area contributed by atoms with Crippen molar-refractivity contribution in [1.82, 2.24) is 0 Å². The predicted molar refractivity (Wildman–Crippen MR) is 107 cm³/mol. The minimum Gasteiger partial charge on any atom is -0.204 e. The molecule has 0 fully saturated rings. The van der Waals surface area contributed by atoms with Crippen LogP contribution in [0.1, 0.15) is 29.5 Å². The van der Waals surface area contributed by atoms with Gasteiger partial charge in [-0.05, 0) is 72.4 Å². The number of hydrogen-bond acceptors (Lipinski definition) is 0. The van der Waals surface area contributed by atoms with Crippen LogP contribution in [0, 0.1) is 23.5 Å².